The Bertz CT molecular complexity index is 343. The molecule has 1 aliphatic rings. The Morgan fingerprint density at radius 3 is 3.07 bits per heavy atom. The maximum absolute atomic E-state index is 4.45. The summed E-state index contributed by atoms with van der Waals surface area (Å²) in [6.45, 7) is 4.01. The molecule has 2 heterocycles. The van der Waals surface area contributed by atoms with Gasteiger partial charge < -0.3 is 5.32 Å². The van der Waals surface area contributed by atoms with Gasteiger partial charge in [0, 0.05) is 31.3 Å². The lowest BCUT2D eigenvalue weighted by molar-refractivity contribution is 0.703. The van der Waals surface area contributed by atoms with Crippen LogP contribution in [0.1, 0.15) is 30.0 Å². The van der Waals surface area contributed by atoms with E-state index in [-0.39, 0.29) is 0 Å². The van der Waals surface area contributed by atoms with E-state index < -0.39 is 0 Å². The molecule has 1 N–H and O–H groups in total. The van der Waals surface area contributed by atoms with Crippen molar-refractivity contribution in [3.8, 4) is 0 Å². The zero-order valence-electron chi connectivity index (χ0n) is 9.12. The molecule has 0 spiro atoms. The number of aliphatic imine (C=N–C) groups is 1. The van der Waals surface area contributed by atoms with Crippen LogP contribution in [0.25, 0.3) is 0 Å². The maximum atomic E-state index is 4.45. The highest BCUT2D eigenvalue weighted by Gasteiger charge is 2.04. The van der Waals surface area contributed by atoms with Gasteiger partial charge in [0.05, 0.1) is 16.5 Å². The van der Waals surface area contributed by atoms with Gasteiger partial charge >= 0.3 is 0 Å². The second-order valence-corrected chi connectivity index (χ2v) is 4.88. The van der Waals surface area contributed by atoms with Gasteiger partial charge in [-0.25, -0.2) is 4.98 Å². The third-order valence-corrected chi connectivity index (χ3v) is 3.32. The van der Waals surface area contributed by atoms with Gasteiger partial charge in [-0.2, -0.15) is 0 Å². The van der Waals surface area contributed by atoms with E-state index in [9.17, 15) is 0 Å². The fraction of sp³-hybridized carbons (Fsp3) is 0.636. The van der Waals surface area contributed by atoms with Crippen molar-refractivity contribution in [2.24, 2.45) is 4.99 Å². The molecule has 0 aromatic carbocycles. The zero-order chi connectivity index (χ0) is 10.5. The molecule has 3 nitrogen and oxygen atoms in total. The molecule has 0 saturated carbocycles. The normalized spacial score (nSPS) is 16.2. The van der Waals surface area contributed by atoms with E-state index >= 15 is 0 Å². The summed E-state index contributed by atoms with van der Waals surface area (Å²) in [5.74, 6) is 1.19. The SMILES string of the molecule is Cc1nc(CCNC2=NCCCC2)cs1. The van der Waals surface area contributed by atoms with Crippen molar-refractivity contribution in [1.29, 1.82) is 0 Å². The minimum Gasteiger partial charge on any atom is -0.373 e. The van der Waals surface area contributed by atoms with Gasteiger partial charge in [0.1, 0.15) is 0 Å². The van der Waals surface area contributed by atoms with E-state index in [1.54, 1.807) is 11.3 Å². The Kier molecular flexibility index (Phi) is 3.72. The number of nitrogens with one attached hydrogen (secondary N) is 1. The van der Waals surface area contributed by atoms with Crippen molar-refractivity contribution >= 4 is 17.2 Å². The van der Waals surface area contributed by atoms with Crippen LogP contribution in [0, 0.1) is 6.92 Å². The van der Waals surface area contributed by atoms with Crippen molar-refractivity contribution in [3.05, 3.63) is 16.1 Å². The monoisotopic (exact) mass is 223 g/mol. The van der Waals surface area contributed by atoms with Crippen molar-refractivity contribution in [1.82, 2.24) is 10.3 Å². The number of aromatic nitrogens is 1. The molecular formula is C11H17N3S. The molecule has 0 unspecified atom stereocenters. The molecule has 0 radical (unpaired) electrons. The fourth-order valence-electron chi connectivity index (χ4n) is 1.70. The Hall–Kier alpha value is -0.900. The Morgan fingerprint density at radius 1 is 1.47 bits per heavy atom. The summed E-state index contributed by atoms with van der Waals surface area (Å²) in [7, 11) is 0. The summed E-state index contributed by atoms with van der Waals surface area (Å²) in [6.07, 6.45) is 4.65. The average molecular weight is 223 g/mol. The van der Waals surface area contributed by atoms with Crippen LogP contribution in [0.15, 0.2) is 10.4 Å². The first kappa shape index (κ1) is 10.6. The van der Waals surface area contributed by atoms with E-state index in [1.165, 1.54) is 24.4 Å². The van der Waals surface area contributed by atoms with Gasteiger partial charge in [0.25, 0.3) is 0 Å². The third kappa shape index (κ3) is 3.30. The first-order chi connectivity index (χ1) is 7.34. The van der Waals surface area contributed by atoms with Crippen LogP contribution in [0.3, 0.4) is 0 Å². The van der Waals surface area contributed by atoms with Crippen LogP contribution in [0.4, 0.5) is 0 Å². The highest BCUT2D eigenvalue weighted by molar-refractivity contribution is 7.09. The molecule has 15 heavy (non-hydrogen) atoms. The number of aryl methyl sites for hydroxylation is 1. The molecule has 82 valence electrons. The van der Waals surface area contributed by atoms with Crippen molar-refractivity contribution in [2.45, 2.75) is 32.6 Å². The van der Waals surface area contributed by atoms with E-state index in [2.05, 4.69) is 20.7 Å². The molecule has 1 aliphatic heterocycles. The second kappa shape index (κ2) is 5.26. The number of thiazole rings is 1. The summed E-state index contributed by atoms with van der Waals surface area (Å²) in [4.78, 5) is 8.89. The van der Waals surface area contributed by atoms with Gasteiger partial charge in [0.15, 0.2) is 0 Å². The molecule has 1 aromatic heterocycles. The van der Waals surface area contributed by atoms with Crippen LogP contribution in [0.2, 0.25) is 0 Å². The van der Waals surface area contributed by atoms with Gasteiger partial charge in [-0.05, 0) is 19.8 Å². The molecule has 0 amide bonds. The van der Waals surface area contributed by atoms with Crippen LogP contribution in [-0.4, -0.2) is 23.9 Å². The van der Waals surface area contributed by atoms with Crippen LogP contribution < -0.4 is 5.32 Å². The largest absolute Gasteiger partial charge is 0.373 e. The number of hydrogen-bond acceptors (Lipinski definition) is 4. The minimum absolute atomic E-state index is 0.960. The molecule has 2 rings (SSSR count). The maximum Gasteiger partial charge on any atom is 0.0963 e. The van der Waals surface area contributed by atoms with Crippen molar-refractivity contribution in [3.63, 3.8) is 0 Å². The lowest BCUT2D eigenvalue weighted by Gasteiger charge is -2.13. The second-order valence-electron chi connectivity index (χ2n) is 3.82. The van der Waals surface area contributed by atoms with Crippen LogP contribution in [0.5, 0.6) is 0 Å². The smallest absolute Gasteiger partial charge is 0.0963 e. The first-order valence-corrected chi connectivity index (χ1v) is 6.41. The van der Waals surface area contributed by atoms with E-state index in [0.29, 0.717) is 0 Å². The van der Waals surface area contributed by atoms with Crippen LogP contribution in [-0.2, 0) is 6.42 Å². The van der Waals surface area contributed by atoms with Gasteiger partial charge in [-0.1, -0.05) is 0 Å². The predicted molar refractivity (Wildman–Crippen MR) is 64.7 cm³/mol. The van der Waals surface area contributed by atoms with Crippen LogP contribution >= 0.6 is 11.3 Å². The van der Waals surface area contributed by atoms with Gasteiger partial charge in [0.2, 0.25) is 0 Å². The van der Waals surface area contributed by atoms with E-state index in [0.717, 1.165) is 30.9 Å². The summed E-state index contributed by atoms with van der Waals surface area (Å²) >= 11 is 1.72. The third-order valence-electron chi connectivity index (χ3n) is 2.50. The Balaban J connectivity index is 1.72. The molecule has 0 aliphatic carbocycles. The number of amidine groups is 1. The first-order valence-electron chi connectivity index (χ1n) is 5.53. The molecule has 0 fully saturated rings. The molecule has 1 aromatic rings. The average Bonchev–Trinajstić information content (AvgIpc) is 2.66. The Morgan fingerprint density at radius 2 is 2.40 bits per heavy atom. The van der Waals surface area contributed by atoms with Gasteiger partial charge in [-0.3, -0.25) is 4.99 Å². The minimum atomic E-state index is 0.960. The summed E-state index contributed by atoms with van der Waals surface area (Å²) in [5.41, 5.74) is 1.20. The number of hydrogen-bond donors (Lipinski definition) is 1. The Labute approximate surface area is 94.7 Å². The molecule has 4 heteroatoms. The summed E-state index contributed by atoms with van der Waals surface area (Å²) < 4.78 is 0. The van der Waals surface area contributed by atoms with Crippen molar-refractivity contribution < 1.29 is 0 Å². The molecule has 0 saturated heterocycles. The van der Waals surface area contributed by atoms with E-state index in [1.807, 2.05) is 6.92 Å². The molecule has 0 atom stereocenters. The topological polar surface area (TPSA) is 37.3 Å². The molecule has 0 bridgehead atoms. The quantitative estimate of drug-likeness (QED) is 0.852. The lowest BCUT2D eigenvalue weighted by Crippen LogP contribution is -2.27. The van der Waals surface area contributed by atoms with Gasteiger partial charge in [-0.15, -0.1) is 11.3 Å². The molecular weight excluding hydrogens is 206 g/mol. The predicted octanol–water partition coefficient (Wildman–Crippen LogP) is 2.17. The summed E-state index contributed by atoms with van der Waals surface area (Å²) in [6, 6.07) is 0. The zero-order valence-corrected chi connectivity index (χ0v) is 9.94. The van der Waals surface area contributed by atoms with Crippen molar-refractivity contribution in [2.75, 3.05) is 13.1 Å². The summed E-state index contributed by atoms with van der Waals surface area (Å²) in [5, 5.41) is 6.69. The standard InChI is InChI=1S/C11H17N3S/c1-9-14-10(8-15-9)5-7-13-11-4-2-3-6-12-11/h8H,2-7H2,1H3,(H,12,13). The fourth-order valence-corrected chi connectivity index (χ4v) is 2.35. The number of rotatable bonds is 3. The number of nitrogens with zero attached hydrogens (tertiary/aromatic N) is 2. The van der Waals surface area contributed by atoms with E-state index in [4.69, 9.17) is 0 Å². The highest BCUT2D eigenvalue weighted by atomic mass is 32.1. The highest BCUT2D eigenvalue weighted by Crippen LogP contribution is 2.08. The lowest BCUT2D eigenvalue weighted by atomic mass is 10.2.